The van der Waals surface area contributed by atoms with Crippen LogP contribution in [-0.2, 0) is 19.5 Å². The van der Waals surface area contributed by atoms with Gasteiger partial charge in [-0.25, -0.2) is 4.79 Å². The predicted molar refractivity (Wildman–Crippen MR) is 104 cm³/mol. The molecule has 1 aromatic carbocycles. The second kappa shape index (κ2) is 9.33. The lowest BCUT2D eigenvalue weighted by Gasteiger charge is -2.09. The zero-order valence-corrected chi connectivity index (χ0v) is 15.0. The Morgan fingerprint density at radius 3 is 2.44 bits per heavy atom. The fourth-order valence-corrected chi connectivity index (χ4v) is 2.65. The fourth-order valence-electron chi connectivity index (χ4n) is 2.65. The van der Waals surface area contributed by atoms with Crippen molar-refractivity contribution in [1.82, 2.24) is 20.2 Å². The van der Waals surface area contributed by atoms with E-state index in [0.29, 0.717) is 26.1 Å². The molecule has 3 rings (SSSR count). The van der Waals surface area contributed by atoms with E-state index in [2.05, 4.69) is 15.6 Å². The van der Waals surface area contributed by atoms with Gasteiger partial charge >= 0.3 is 6.03 Å². The largest absolute Gasteiger partial charge is 0.338 e. The van der Waals surface area contributed by atoms with E-state index in [0.717, 1.165) is 16.8 Å². The van der Waals surface area contributed by atoms with Crippen LogP contribution in [0, 0.1) is 0 Å². The highest BCUT2D eigenvalue weighted by molar-refractivity contribution is 5.73. The van der Waals surface area contributed by atoms with Crippen LogP contribution < -0.4 is 16.2 Å². The van der Waals surface area contributed by atoms with E-state index in [1.807, 2.05) is 48.5 Å². The van der Waals surface area contributed by atoms with Gasteiger partial charge in [-0.2, -0.15) is 0 Å². The van der Waals surface area contributed by atoms with Crippen LogP contribution in [0.2, 0.25) is 0 Å². The zero-order chi connectivity index (χ0) is 18.9. The van der Waals surface area contributed by atoms with E-state index in [-0.39, 0.29) is 11.6 Å². The summed E-state index contributed by atoms with van der Waals surface area (Å²) in [6.45, 7) is 1.51. The topological polar surface area (TPSA) is 76.0 Å². The molecule has 0 aliphatic carbocycles. The third kappa shape index (κ3) is 5.81. The lowest BCUT2D eigenvalue weighted by Crippen LogP contribution is -2.36. The molecule has 27 heavy (non-hydrogen) atoms. The van der Waals surface area contributed by atoms with E-state index in [9.17, 15) is 9.59 Å². The van der Waals surface area contributed by atoms with E-state index >= 15 is 0 Å². The molecular weight excluding hydrogens is 340 g/mol. The molecule has 0 saturated heterocycles. The van der Waals surface area contributed by atoms with Crippen LogP contribution in [0.4, 0.5) is 4.79 Å². The van der Waals surface area contributed by atoms with Crippen molar-refractivity contribution in [3.63, 3.8) is 0 Å². The van der Waals surface area contributed by atoms with Gasteiger partial charge in [0.1, 0.15) is 0 Å². The number of rotatable bonds is 7. The lowest BCUT2D eigenvalue weighted by molar-refractivity contribution is 0.240. The summed E-state index contributed by atoms with van der Waals surface area (Å²) in [5, 5.41) is 5.66. The highest BCUT2D eigenvalue weighted by Crippen LogP contribution is 2.05. The van der Waals surface area contributed by atoms with Crippen molar-refractivity contribution in [2.75, 3.05) is 6.54 Å². The van der Waals surface area contributed by atoms with Crippen molar-refractivity contribution < 1.29 is 4.79 Å². The number of hydrogen-bond donors (Lipinski definition) is 2. The minimum absolute atomic E-state index is 0.0226. The molecule has 0 unspecified atom stereocenters. The van der Waals surface area contributed by atoms with Crippen LogP contribution in [-0.4, -0.2) is 22.1 Å². The number of carbonyl (C=O) groups is 1. The number of hydrogen-bond acceptors (Lipinski definition) is 3. The van der Waals surface area contributed by atoms with Gasteiger partial charge < -0.3 is 15.2 Å². The summed E-state index contributed by atoms with van der Waals surface area (Å²) in [7, 11) is 0. The average molecular weight is 362 g/mol. The molecule has 3 aromatic rings. The standard InChI is InChI=1S/C21H22N4O2/c26-20-6-2-4-14-25(20)16-18-9-7-17(8-10-18)15-24-21(27)23-13-11-19-5-1-3-12-22-19/h1-10,12,14H,11,13,15-16H2,(H2,23,24,27). The van der Waals surface area contributed by atoms with Gasteiger partial charge in [-0.1, -0.05) is 36.4 Å². The smallest absolute Gasteiger partial charge is 0.315 e. The number of aromatic nitrogens is 2. The monoisotopic (exact) mass is 362 g/mol. The van der Waals surface area contributed by atoms with Crippen LogP contribution >= 0.6 is 0 Å². The van der Waals surface area contributed by atoms with Crippen molar-refractivity contribution in [3.05, 3.63) is 100 Å². The maximum atomic E-state index is 11.9. The van der Waals surface area contributed by atoms with Gasteiger partial charge in [0.15, 0.2) is 0 Å². The Labute approximate surface area is 157 Å². The lowest BCUT2D eigenvalue weighted by atomic mass is 10.1. The predicted octanol–water partition coefficient (Wildman–Crippen LogP) is 2.33. The number of carbonyl (C=O) groups excluding carboxylic acids is 1. The van der Waals surface area contributed by atoms with Crippen LogP contribution in [0.5, 0.6) is 0 Å². The van der Waals surface area contributed by atoms with E-state index in [1.54, 1.807) is 29.1 Å². The van der Waals surface area contributed by atoms with E-state index < -0.39 is 0 Å². The second-order valence-electron chi connectivity index (χ2n) is 6.16. The molecule has 0 atom stereocenters. The van der Waals surface area contributed by atoms with Gasteiger partial charge in [0, 0.05) is 43.7 Å². The number of amides is 2. The molecule has 0 saturated carbocycles. The first-order valence-corrected chi connectivity index (χ1v) is 8.85. The molecule has 0 bridgehead atoms. The van der Waals surface area contributed by atoms with Gasteiger partial charge in [-0.15, -0.1) is 0 Å². The van der Waals surface area contributed by atoms with Crippen molar-refractivity contribution in [1.29, 1.82) is 0 Å². The Balaban J connectivity index is 1.42. The molecule has 0 aliphatic rings. The molecular formula is C21H22N4O2. The Morgan fingerprint density at radius 1 is 0.926 bits per heavy atom. The van der Waals surface area contributed by atoms with Crippen LogP contribution in [0.15, 0.2) is 77.9 Å². The van der Waals surface area contributed by atoms with Crippen molar-refractivity contribution >= 4 is 6.03 Å². The SMILES string of the molecule is O=C(NCCc1ccccn1)NCc1ccc(Cn2ccccc2=O)cc1. The molecule has 2 aromatic heterocycles. The van der Waals surface area contributed by atoms with Gasteiger partial charge in [-0.05, 0) is 29.3 Å². The summed E-state index contributed by atoms with van der Waals surface area (Å²) in [5.74, 6) is 0. The number of urea groups is 1. The fraction of sp³-hybridized carbons (Fsp3) is 0.190. The molecule has 6 heteroatoms. The number of benzene rings is 1. The summed E-state index contributed by atoms with van der Waals surface area (Å²) in [5.41, 5.74) is 2.96. The molecule has 0 radical (unpaired) electrons. The first-order valence-electron chi connectivity index (χ1n) is 8.85. The normalized spacial score (nSPS) is 10.4. The first-order chi connectivity index (χ1) is 13.2. The summed E-state index contributed by atoms with van der Waals surface area (Å²) in [6, 6.07) is 18.5. The van der Waals surface area contributed by atoms with Crippen LogP contribution in [0.3, 0.4) is 0 Å². The molecule has 2 amide bonds. The number of nitrogens with zero attached hydrogens (tertiary/aromatic N) is 2. The van der Waals surface area contributed by atoms with Crippen molar-refractivity contribution in [2.45, 2.75) is 19.5 Å². The highest BCUT2D eigenvalue weighted by atomic mass is 16.2. The molecule has 0 aliphatic heterocycles. The van der Waals surface area contributed by atoms with Gasteiger partial charge in [-0.3, -0.25) is 9.78 Å². The van der Waals surface area contributed by atoms with E-state index in [1.165, 1.54) is 0 Å². The van der Waals surface area contributed by atoms with Crippen LogP contribution in [0.1, 0.15) is 16.8 Å². The Hall–Kier alpha value is -3.41. The van der Waals surface area contributed by atoms with Crippen molar-refractivity contribution in [3.8, 4) is 0 Å². The molecule has 2 heterocycles. The van der Waals surface area contributed by atoms with Gasteiger partial charge in [0.05, 0.1) is 6.54 Å². The van der Waals surface area contributed by atoms with Crippen molar-refractivity contribution in [2.24, 2.45) is 0 Å². The zero-order valence-electron chi connectivity index (χ0n) is 15.0. The average Bonchev–Trinajstić information content (AvgIpc) is 2.70. The maximum Gasteiger partial charge on any atom is 0.315 e. The van der Waals surface area contributed by atoms with E-state index in [4.69, 9.17) is 0 Å². The minimum Gasteiger partial charge on any atom is -0.338 e. The number of pyridine rings is 2. The molecule has 138 valence electrons. The Bertz CT molecular complexity index is 921. The summed E-state index contributed by atoms with van der Waals surface area (Å²) in [6.07, 6.45) is 4.21. The molecule has 6 nitrogen and oxygen atoms in total. The van der Waals surface area contributed by atoms with Gasteiger partial charge in [0.25, 0.3) is 5.56 Å². The molecule has 0 spiro atoms. The summed E-state index contributed by atoms with van der Waals surface area (Å²) < 4.78 is 1.66. The first kappa shape index (κ1) is 18.4. The molecule has 2 N–H and O–H groups in total. The quantitative estimate of drug-likeness (QED) is 0.677. The summed E-state index contributed by atoms with van der Waals surface area (Å²) >= 11 is 0. The third-order valence-electron chi connectivity index (χ3n) is 4.12. The number of nitrogens with one attached hydrogen (secondary N) is 2. The summed E-state index contributed by atoms with van der Waals surface area (Å²) in [4.78, 5) is 27.8. The Kier molecular flexibility index (Phi) is 6.35. The molecule has 0 fully saturated rings. The highest BCUT2D eigenvalue weighted by Gasteiger charge is 2.02. The minimum atomic E-state index is -0.203. The third-order valence-corrected chi connectivity index (χ3v) is 4.12. The second-order valence-corrected chi connectivity index (χ2v) is 6.16. The van der Waals surface area contributed by atoms with Gasteiger partial charge in [0.2, 0.25) is 0 Å². The maximum absolute atomic E-state index is 11.9. The Morgan fingerprint density at radius 2 is 1.70 bits per heavy atom. The van der Waals surface area contributed by atoms with Crippen LogP contribution in [0.25, 0.3) is 0 Å².